The molecule has 0 saturated heterocycles. The molecule has 0 amide bonds. The van der Waals surface area contributed by atoms with Gasteiger partial charge in [-0.05, 0) is 48.5 Å². The summed E-state index contributed by atoms with van der Waals surface area (Å²) in [6.45, 7) is 1.76. The van der Waals surface area contributed by atoms with Gasteiger partial charge in [-0.15, -0.1) is 0 Å². The van der Waals surface area contributed by atoms with Crippen molar-refractivity contribution in [3.8, 4) is 0 Å². The van der Waals surface area contributed by atoms with Crippen LogP contribution in [0.4, 0.5) is 5.69 Å². The quantitative estimate of drug-likeness (QED) is 0.362. The minimum absolute atomic E-state index is 0.126. The van der Waals surface area contributed by atoms with E-state index >= 15 is 0 Å². The highest BCUT2D eigenvalue weighted by Gasteiger charge is 2.11. The fraction of sp³-hybridized carbons (Fsp3) is 0.111. The van der Waals surface area contributed by atoms with Crippen LogP contribution in [-0.2, 0) is 13.1 Å². The Morgan fingerprint density at radius 2 is 1.56 bits per heavy atom. The summed E-state index contributed by atoms with van der Waals surface area (Å²) >= 11 is 0. The second-order valence-electron chi connectivity index (χ2n) is 8.07. The number of aliphatic imine (C=N–C) groups is 1. The van der Waals surface area contributed by atoms with E-state index in [1.807, 2.05) is 48.7 Å². The number of nitrogens with one attached hydrogen (secondary N) is 2. The predicted molar refractivity (Wildman–Crippen MR) is 132 cm³/mol. The molecule has 0 saturated carbocycles. The second-order valence-corrected chi connectivity index (χ2v) is 8.07. The second kappa shape index (κ2) is 8.65. The molecule has 0 bridgehead atoms. The van der Waals surface area contributed by atoms with Crippen LogP contribution in [0.2, 0.25) is 0 Å². The van der Waals surface area contributed by atoms with E-state index in [0.29, 0.717) is 5.56 Å². The number of hydrogen-bond acceptors (Lipinski definition) is 3. The summed E-state index contributed by atoms with van der Waals surface area (Å²) in [6.07, 6.45) is 3.55. The van der Waals surface area contributed by atoms with E-state index in [-0.39, 0.29) is 5.56 Å². The first kappa shape index (κ1) is 20.0. The van der Waals surface area contributed by atoms with Crippen LogP contribution in [0.15, 0.2) is 94.8 Å². The summed E-state index contributed by atoms with van der Waals surface area (Å²) in [7, 11) is 2.12. The minimum atomic E-state index is -0.126. The van der Waals surface area contributed by atoms with Crippen LogP contribution in [0, 0.1) is 0 Å². The molecule has 5 heteroatoms. The van der Waals surface area contributed by atoms with Crippen molar-refractivity contribution in [1.29, 1.82) is 0 Å². The molecule has 0 atom stereocenters. The van der Waals surface area contributed by atoms with Gasteiger partial charge in [0.25, 0.3) is 5.56 Å². The molecule has 158 valence electrons. The molecular formula is C27H24N4O. The zero-order valence-corrected chi connectivity index (χ0v) is 17.9. The number of aromatic amines is 2. The molecule has 2 aromatic heterocycles. The lowest BCUT2D eigenvalue weighted by Crippen LogP contribution is -2.17. The average molecular weight is 421 g/mol. The summed E-state index contributed by atoms with van der Waals surface area (Å²) in [4.78, 5) is 25.6. The smallest absolute Gasteiger partial charge is 0.257 e. The lowest BCUT2D eigenvalue weighted by Gasteiger charge is -2.16. The van der Waals surface area contributed by atoms with Crippen molar-refractivity contribution in [2.75, 3.05) is 7.05 Å². The van der Waals surface area contributed by atoms with E-state index in [9.17, 15) is 4.79 Å². The van der Waals surface area contributed by atoms with Crippen molar-refractivity contribution in [3.05, 3.63) is 112 Å². The lowest BCUT2D eigenvalue weighted by molar-refractivity contribution is 0.319. The topological polar surface area (TPSA) is 64.2 Å². The molecule has 0 unspecified atom stereocenters. The maximum absolute atomic E-state index is 12.6. The van der Waals surface area contributed by atoms with Gasteiger partial charge in [-0.1, -0.05) is 48.5 Å². The molecule has 0 radical (unpaired) electrons. The van der Waals surface area contributed by atoms with Crippen LogP contribution in [0.3, 0.4) is 0 Å². The summed E-state index contributed by atoms with van der Waals surface area (Å²) in [5, 5.41) is 1.90. The Balaban J connectivity index is 1.35. The van der Waals surface area contributed by atoms with Crippen LogP contribution >= 0.6 is 0 Å². The monoisotopic (exact) mass is 420 g/mol. The van der Waals surface area contributed by atoms with Crippen molar-refractivity contribution in [3.63, 3.8) is 0 Å². The van der Waals surface area contributed by atoms with Crippen LogP contribution < -0.4 is 5.56 Å². The van der Waals surface area contributed by atoms with Crippen molar-refractivity contribution < 1.29 is 0 Å². The maximum atomic E-state index is 12.6. The van der Waals surface area contributed by atoms with Crippen LogP contribution in [0.25, 0.3) is 21.8 Å². The van der Waals surface area contributed by atoms with Gasteiger partial charge in [0.05, 0.1) is 11.3 Å². The maximum Gasteiger partial charge on any atom is 0.257 e. The summed E-state index contributed by atoms with van der Waals surface area (Å²) in [6, 6.07) is 26.5. The zero-order valence-electron chi connectivity index (χ0n) is 17.9. The molecule has 0 spiro atoms. The molecule has 0 fully saturated rings. The minimum Gasteiger partial charge on any atom is -0.361 e. The molecule has 2 heterocycles. The first-order valence-corrected chi connectivity index (χ1v) is 10.6. The third-order valence-electron chi connectivity index (χ3n) is 5.63. The molecule has 0 aliphatic rings. The summed E-state index contributed by atoms with van der Waals surface area (Å²) < 4.78 is 0. The van der Waals surface area contributed by atoms with Gasteiger partial charge in [0.15, 0.2) is 0 Å². The highest BCUT2D eigenvalue weighted by Crippen LogP contribution is 2.24. The largest absolute Gasteiger partial charge is 0.361 e. The van der Waals surface area contributed by atoms with E-state index in [1.54, 1.807) is 6.21 Å². The Morgan fingerprint density at radius 1 is 0.844 bits per heavy atom. The highest BCUT2D eigenvalue weighted by atomic mass is 16.1. The Hall–Kier alpha value is -3.96. The first-order valence-electron chi connectivity index (χ1n) is 10.6. The average Bonchev–Trinajstić information content (AvgIpc) is 3.14. The fourth-order valence-corrected chi connectivity index (χ4v) is 4.11. The number of aromatic nitrogens is 2. The van der Waals surface area contributed by atoms with Crippen molar-refractivity contribution in [2.24, 2.45) is 4.99 Å². The number of H-pyrrole nitrogens is 2. The van der Waals surface area contributed by atoms with Crippen molar-refractivity contribution in [2.45, 2.75) is 13.1 Å². The number of rotatable bonds is 6. The van der Waals surface area contributed by atoms with Gasteiger partial charge in [-0.3, -0.25) is 14.7 Å². The number of hydrogen-bond donors (Lipinski definition) is 2. The van der Waals surface area contributed by atoms with E-state index in [0.717, 1.165) is 40.6 Å². The van der Waals surface area contributed by atoms with Crippen molar-refractivity contribution >= 4 is 33.7 Å². The number of benzene rings is 3. The molecule has 32 heavy (non-hydrogen) atoms. The first-order chi connectivity index (χ1) is 15.7. The van der Waals surface area contributed by atoms with E-state index < -0.39 is 0 Å². The molecule has 3 aromatic carbocycles. The standard InChI is InChI=1S/C27H24N4O/c1-31(17-19-6-3-2-4-7-19)18-20-9-11-21(12-10-20)29-16-23-26-22-8-5-15-28-24(22)13-14-25(26)30-27(23)32/h2-16,28H,17-18H2,1H3,(H,30,32). The molecule has 5 nitrogen and oxygen atoms in total. The number of pyridine rings is 1. The van der Waals surface area contributed by atoms with E-state index in [4.69, 9.17) is 0 Å². The zero-order chi connectivity index (χ0) is 21.9. The molecular weight excluding hydrogens is 396 g/mol. The van der Waals surface area contributed by atoms with Gasteiger partial charge in [-0.2, -0.15) is 0 Å². The van der Waals surface area contributed by atoms with Gasteiger partial charge in [0.1, 0.15) is 0 Å². The van der Waals surface area contributed by atoms with Gasteiger partial charge in [0.2, 0.25) is 0 Å². The molecule has 0 aliphatic carbocycles. The number of fused-ring (bicyclic) bond motifs is 3. The normalized spacial score (nSPS) is 11.8. The predicted octanol–water partition coefficient (Wildman–Crippen LogP) is 5.39. The van der Waals surface area contributed by atoms with Crippen molar-refractivity contribution in [1.82, 2.24) is 14.9 Å². The number of nitrogens with zero attached hydrogens (tertiary/aromatic N) is 2. The van der Waals surface area contributed by atoms with Crippen LogP contribution in [0.1, 0.15) is 16.7 Å². The van der Waals surface area contributed by atoms with E-state index in [1.165, 1.54) is 11.1 Å². The Kier molecular flexibility index (Phi) is 5.40. The van der Waals surface area contributed by atoms with E-state index in [2.05, 4.69) is 63.3 Å². The molecule has 0 aliphatic heterocycles. The lowest BCUT2D eigenvalue weighted by atomic mass is 10.1. The van der Waals surface area contributed by atoms with Crippen LogP contribution in [-0.4, -0.2) is 28.1 Å². The third kappa shape index (κ3) is 4.11. The molecule has 5 rings (SSSR count). The van der Waals surface area contributed by atoms with Gasteiger partial charge in [0, 0.05) is 47.3 Å². The Labute approximate surface area is 186 Å². The fourth-order valence-electron chi connectivity index (χ4n) is 4.11. The Morgan fingerprint density at radius 3 is 2.34 bits per heavy atom. The third-order valence-corrected chi connectivity index (χ3v) is 5.63. The SMILES string of the molecule is CN(Cc1ccccc1)Cc1ccc(N=Cc2c(=O)[nH]c3ccc4[nH]cccc4c23)cc1. The van der Waals surface area contributed by atoms with Crippen LogP contribution in [0.5, 0.6) is 0 Å². The molecule has 5 aromatic rings. The summed E-state index contributed by atoms with van der Waals surface area (Å²) in [5.41, 5.74) is 5.60. The highest BCUT2D eigenvalue weighted by molar-refractivity contribution is 6.13. The Bertz CT molecular complexity index is 1450. The summed E-state index contributed by atoms with van der Waals surface area (Å²) in [5.74, 6) is 0. The molecule has 2 N–H and O–H groups in total. The van der Waals surface area contributed by atoms with Gasteiger partial charge in [-0.25, -0.2) is 0 Å². The van der Waals surface area contributed by atoms with Gasteiger partial charge < -0.3 is 9.97 Å². The van der Waals surface area contributed by atoms with Gasteiger partial charge >= 0.3 is 0 Å².